The van der Waals surface area contributed by atoms with Crippen LogP contribution in [0.1, 0.15) is 31.4 Å². The summed E-state index contributed by atoms with van der Waals surface area (Å²) in [4.78, 5) is 28.3. The van der Waals surface area contributed by atoms with Crippen molar-refractivity contribution in [2.45, 2.75) is 44.7 Å². The highest BCUT2D eigenvalue weighted by Gasteiger charge is 2.33. The number of sulfonamides is 1. The quantitative estimate of drug-likeness (QED) is 0.333. The summed E-state index contributed by atoms with van der Waals surface area (Å²) in [6.07, 6.45) is 0.742. The molecule has 0 unspecified atom stereocenters. The molecule has 2 amide bonds. The summed E-state index contributed by atoms with van der Waals surface area (Å²) < 4.78 is 39.6. The van der Waals surface area contributed by atoms with Crippen molar-refractivity contribution in [3.8, 4) is 11.5 Å². The molecule has 0 aromatic heterocycles. The lowest BCUT2D eigenvalue weighted by Gasteiger charge is -2.32. The van der Waals surface area contributed by atoms with Crippen LogP contribution >= 0.6 is 0 Å². The first-order valence-corrected chi connectivity index (χ1v) is 14.5. The second-order valence-electron chi connectivity index (χ2n) is 9.33. The number of para-hydroxylation sites is 2. The molecule has 40 heavy (non-hydrogen) atoms. The fourth-order valence-corrected chi connectivity index (χ4v) is 5.52. The molecule has 0 aliphatic carbocycles. The summed E-state index contributed by atoms with van der Waals surface area (Å²) in [5.41, 5.74) is 2.08. The maximum Gasteiger partial charge on any atom is 0.264 e. The van der Waals surface area contributed by atoms with E-state index in [1.807, 2.05) is 38.1 Å². The smallest absolute Gasteiger partial charge is 0.264 e. The molecule has 1 N–H and O–H groups in total. The number of hydrogen-bond acceptors (Lipinski definition) is 6. The number of carbonyl (C=O) groups is 2. The number of nitrogens with one attached hydrogen (secondary N) is 1. The van der Waals surface area contributed by atoms with Gasteiger partial charge in [0.05, 0.1) is 24.8 Å². The van der Waals surface area contributed by atoms with Crippen LogP contribution < -0.4 is 19.1 Å². The Morgan fingerprint density at radius 3 is 2.17 bits per heavy atom. The lowest BCUT2D eigenvalue weighted by molar-refractivity contribution is -0.139. The van der Waals surface area contributed by atoms with Gasteiger partial charge in [0.25, 0.3) is 10.0 Å². The van der Waals surface area contributed by atoms with Crippen LogP contribution in [-0.2, 0) is 26.2 Å². The fraction of sp³-hybridized carbons (Fsp3) is 0.333. The van der Waals surface area contributed by atoms with Gasteiger partial charge in [-0.1, -0.05) is 48.9 Å². The van der Waals surface area contributed by atoms with E-state index in [-0.39, 0.29) is 28.8 Å². The minimum absolute atomic E-state index is 0.0224. The van der Waals surface area contributed by atoms with E-state index < -0.39 is 28.5 Å². The van der Waals surface area contributed by atoms with Crippen molar-refractivity contribution in [3.63, 3.8) is 0 Å². The van der Waals surface area contributed by atoms with Gasteiger partial charge in [0.15, 0.2) is 0 Å². The Bertz CT molecular complexity index is 1390. The number of amides is 2. The van der Waals surface area contributed by atoms with Gasteiger partial charge in [0, 0.05) is 13.1 Å². The molecule has 0 spiro atoms. The van der Waals surface area contributed by atoms with Crippen molar-refractivity contribution in [2.75, 3.05) is 31.6 Å². The standard InChI is InChI=1S/C30H37N3O6S/c1-6-19-31-30(35)23(3)32(20-24-13-11-22(2)12-14-24)29(34)21-33(27-9-7-8-10-28(27)39-5)40(36,37)26-17-15-25(38-4)16-18-26/h7-18,23H,6,19-21H2,1-5H3,(H,31,35)/t23-/m0/s1. The number of benzene rings is 3. The largest absolute Gasteiger partial charge is 0.497 e. The van der Waals surface area contributed by atoms with Gasteiger partial charge in [-0.25, -0.2) is 8.42 Å². The minimum Gasteiger partial charge on any atom is -0.497 e. The maximum atomic E-state index is 14.0. The van der Waals surface area contributed by atoms with Crippen molar-refractivity contribution in [3.05, 3.63) is 83.9 Å². The molecule has 214 valence electrons. The van der Waals surface area contributed by atoms with Gasteiger partial charge >= 0.3 is 0 Å². The molecular weight excluding hydrogens is 530 g/mol. The third kappa shape index (κ3) is 7.32. The van der Waals surface area contributed by atoms with Crippen LogP contribution in [0, 0.1) is 6.92 Å². The van der Waals surface area contributed by atoms with E-state index in [1.54, 1.807) is 43.3 Å². The zero-order chi connectivity index (χ0) is 29.3. The fourth-order valence-electron chi connectivity index (χ4n) is 4.09. The van der Waals surface area contributed by atoms with Crippen LogP contribution in [-0.4, -0.2) is 58.5 Å². The molecular formula is C30H37N3O6S. The number of nitrogens with zero attached hydrogens (tertiary/aromatic N) is 2. The Labute approximate surface area is 236 Å². The Balaban J connectivity index is 2.05. The van der Waals surface area contributed by atoms with Crippen molar-refractivity contribution in [2.24, 2.45) is 0 Å². The van der Waals surface area contributed by atoms with Crippen LogP contribution in [0.25, 0.3) is 0 Å². The van der Waals surface area contributed by atoms with E-state index in [2.05, 4.69) is 5.32 Å². The zero-order valence-corrected chi connectivity index (χ0v) is 24.4. The van der Waals surface area contributed by atoms with Gasteiger partial charge in [-0.3, -0.25) is 13.9 Å². The topological polar surface area (TPSA) is 105 Å². The third-order valence-corrected chi connectivity index (χ3v) is 8.24. The first-order valence-electron chi connectivity index (χ1n) is 13.0. The second-order valence-corrected chi connectivity index (χ2v) is 11.2. The summed E-state index contributed by atoms with van der Waals surface area (Å²) in [5.74, 6) is -0.0758. The first-order chi connectivity index (χ1) is 19.1. The number of methoxy groups -OCH3 is 2. The van der Waals surface area contributed by atoms with Crippen LogP contribution in [0.4, 0.5) is 5.69 Å². The van der Waals surface area contributed by atoms with E-state index in [0.717, 1.165) is 21.9 Å². The summed E-state index contributed by atoms with van der Waals surface area (Å²) in [5, 5.41) is 2.84. The van der Waals surface area contributed by atoms with Crippen LogP contribution in [0.3, 0.4) is 0 Å². The van der Waals surface area contributed by atoms with E-state index in [1.165, 1.54) is 31.3 Å². The zero-order valence-electron chi connectivity index (χ0n) is 23.6. The number of rotatable bonds is 13. The van der Waals surface area contributed by atoms with Crippen molar-refractivity contribution >= 4 is 27.5 Å². The third-order valence-electron chi connectivity index (χ3n) is 6.47. The number of hydrogen-bond donors (Lipinski definition) is 1. The highest BCUT2D eigenvalue weighted by atomic mass is 32.2. The molecule has 0 fully saturated rings. The molecule has 0 aliphatic heterocycles. The van der Waals surface area contributed by atoms with Crippen molar-refractivity contribution in [1.29, 1.82) is 0 Å². The first kappa shape index (κ1) is 30.5. The normalized spacial score (nSPS) is 11.8. The van der Waals surface area contributed by atoms with E-state index >= 15 is 0 Å². The lowest BCUT2D eigenvalue weighted by Crippen LogP contribution is -2.51. The number of carbonyl (C=O) groups excluding carboxylic acids is 2. The maximum absolute atomic E-state index is 14.0. The van der Waals surface area contributed by atoms with Crippen molar-refractivity contribution in [1.82, 2.24) is 10.2 Å². The highest BCUT2D eigenvalue weighted by molar-refractivity contribution is 7.92. The Morgan fingerprint density at radius 2 is 1.57 bits per heavy atom. The van der Waals surface area contributed by atoms with E-state index in [9.17, 15) is 18.0 Å². The summed E-state index contributed by atoms with van der Waals surface area (Å²) in [6, 6.07) is 19.3. The predicted octanol–water partition coefficient (Wildman–Crippen LogP) is 4.15. The average molecular weight is 568 g/mol. The lowest BCUT2D eigenvalue weighted by atomic mass is 10.1. The SMILES string of the molecule is CCCNC(=O)[C@H](C)N(Cc1ccc(C)cc1)C(=O)CN(c1ccccc1OC)S(=O)(=O)c1ccc(OC)cc1. The monoisotopic (exact) mass is 567 g/mol. The van der Waals surface area contributed by atoms with Gasteiger partial charge in [-0.05, 0) is 62.2 Å². The van der Waals surface area contributed by atoms with Crippen LogP contribution in [0.2, 0.25) is 0 Å². The van der Waals surface area contributed by atoms with Crippen molar-refractivity contribution < 1.29 is 27.5 Å². The molecule has 3 aromatic rings. The molecule has 0 radical (unpaired) electrons. The van der Waals surface area contributed by atoms with Gasteiger partial charge in [0.1, 0.15) is 24.1 Å². The molecule has 0 saturated heterocycles. The molecule has 0 heterocycles. The van der Waals surface area contributed by atoms with Gasteiger partial charge in [-0.2, -0.15) is 0 Å². The molecule has 3 aromatic carbocycles. The Kier molecular flexibility index (Phi) is 10.6. The summed E-state index contributed by atoms with van der Waals surface area (Å²) in [6.45, 7) is 5.59. The molecule has 3 rings (SSSR count). The van der Waals surface area contributed by atoms with Gasteiger partial charge in [-0.15, -0.1) is 0 Å². The predicted molar refractivity (Wildman–Crippen MR) is 155 cm³/mol. The summed E-state index contributed by atoms with van der Waals surface area (Å²) in [7, 11) is -1.31. The highest BCUT2D eigenvalue weighted by Crippen LogP contribution is 2.33. The molecule has 9 nitrogen and oxygen atoms in total. The number of anilines is 1. The second kappa shape index (κ2) is 13.8. The molecule has 0 aliphatic rings. The average Bonchev–Trinajstić information content (AvgIpc) is 2.97. The Hall–Kier alpha value is -4.05. The van der Waals surface area contributed by atoms with Gasteiger partial charge < -0.3 is 19.7 Å². The van der Waals surface area contributed by atoms with Crippen LogP contribution in [0.15, 0.2) is 77.7 Å². The number of ether oxygens (including phenoxy) is 2. The van der Waals surface area contributed by atoms with Crippen LogP contribution in [0.5, 0.6) is 11.5 Å². The molecule has 0 bridgehead atoms. The van der Waals surface area contributed by atoms with E-state index in [0.29, 0.717) is 12.3 Å². The summed E-state index contributed by atoms with van der Waals surface area (Å²) >= 11 is 0. The number of aryl methyl sites for hydroxylation is 1. The van der Waals surface area contributed by atoms with Gasteiger partial charge in [0.2, 0.25) is 11.8 Å². The molecule has 10 heteroatoms. The molecule has 0 saturated carbocycles. The minimum atomic E-state index is -4.23. The molecule has 1 atom stereocenters. The van der Waals surface area contributed by atoms with E-state index in [4.69, 9.17) is 9.47 Å². The Morgan fingerprint density at radius 1 is 0.925 bits per heavy atom.